The third kappa shape index (κ3) is 5.97. The minimum Gasteiger partial charge on any atom is -0.493 e. The molecule has 0 aliphatic heterocycles. The van der Waals surface area contributed by atoms with Gasteiger partial charge in [-0.15, -0.1) is 0 Å². The molecular weight excluding hydrogens is 424 g/mol. The van der Waals surface area contributed by atoms with Crippen LogP contribution in [0.4, 0.5) is 0 Å². The van der Waals surface area contributed by atoms with E-state index in [1.807, 2.05) is 13.8 Å². The Morgan fingerprint density at radius 1 is 1.15 bits per heavy atom. The number of hydrazine groups is 1. The van der Waals surface area contributed by atoms with Crippen LogP contribution in [0.15, 0.2) is 24.5 Å². The molecule has 2 aromatic heterocycles. The molecule has 1 aromatic carbocycles. The van der Waals surface area contributed by atoms with Gasteiger partial charge >= 0.3 is 0 Å². The fourth-order valence-electron chi connectivity index (χ4n) is 3.35. The Hall–Kier alpha value is -3.69. The molecule has 2 N–H and O–H groups in total. The molecule has 0 aliphatic rings. The molecule has 0 spiro atoms. The average Bonchev–Trinajstić information content (AvgIpc) is 3.25. The summed E-state index contributed by atoms with van der Waals surface area (Å²) in [6.07, 6.45) is 2.99. The van der Waals surface area contributed by atoms with Crippen molar-refractivity contribution in [2.24, 2.45) is 5.92 Å². The first kappa shape index (κ1) is 24.0. The molecule has 0 aliphatic carbocycles. The number of ether oxygens (including phenoxy) is 2. The van der Waals surface area contributed by atoms with Crippen LogP contribution in [0.1, 0.15) is 54.0 Å². The Morgan fingerprint density at radius 2 is 1.94 bits per heavy atom. The van der Waals surface area contributed by atoms with Gasteiger partial charge in [0.1, 0.15) is 6.33 Å². The van der Waals surface area contributed by atoms with E-state index in [0.29, 0.717) is 41.8 Å². The van der Waals surface area contributed by atoms with Crippen molar-refractivity contribution in [2.45, 2.75) is 47.0 Å². The molecule has 0 fully saturated rings. The standard InChI is InChI=1S/C23H30N6O4/c1-14(2)10-11-33-19-8-6-17(12-20(19)32-5)22(31)28-27-21(30)9-7-18-15(3)26-23-24-13-25-29(23)16(18)4/h6,8,12-14H,7,9-11H2,1-5H3,(H,27,30)(H,28,31). The Bertz CT molecular complexity index is 1140. The quantitative estimate of drug-likeness (QED) is 0.477. The van der Waals surface area contributed by atoms with Gasteiger partial charge in [-0.2, -0.15) is 10.1 Å². The lowest BCUT2D eigenvalue weighted by Gasteiger charge is -2.13. The summed E-state index contributed by atoms with van der Waals surface area (Å²) in [6.45, 7) is 8.59. The zero-order chi connectivity index (χ0) is 24.0. The number of hydrogen-bond donors (Lipinski definition) is 2. The number of methoxy groups -OCH3 is 1. The lowest BCUT2D eigenvalue weighted by molar-refractivity contribution is -0.121. The minimum absolute atomic E-state index is 0.176. The van der Waals surface area contributed by atoms with Crippen LogP contribution in [0.3, 0.4) is 0 Å². The van der Waals surface area contributed by atoms with Crippen LogP contribution in [-0.4, -0.2) is 45.1 Å². The van der Waals surface area contributed by atoms with Gasteiger partial charge in [-0.05, 0) is 56.4 Å². The van der Waals surface area contributed by atoms with Crippen molar-refractivity contribution in [2.75, 3.05) is 13.7 Å². The SMILES string of the molecule is COc1cc(C(=O)NNC(=O)CCc2c(C)nc3ncnn3c2C)ccc1OCCC(C)C. The van der Waals surface area contributed by atoms with Gasteiger partial charge in [0.2, 0.25) is 5.91 Å². The van der Waals surface area contributed by atoms with Gasteiger partial charge in [0.15, 0.2) is 11.5 Å². The van der Waals surface area contributed by atoms with Crippen LogP contribution in [-0.2, 0) is 11.2 Å². The number of fused-ring (bicyclic) bond motifs is 1. The van der Waals surface area contributed by atoms with Crippen LogP contribution in [0.2, 0.25) is 0 Å². The highest BCUT2D eigenvalue weighted by molar-refractivity contribution is 5.96. The molecule has 3 rings (SSSR count). The van der Waals surface area contributed by atoms with Crippen molar-refractivity contribution in [3.63, 3.8) is 0 Å². The van der Waals surface area contributed by atoms with Crippen LogP contribution in [0.25, 0.3) is 5.78 Å². The molecule has 0 saturated carbocycles. The molecule has 0 unspecified atom stereocenters. The number of aromatic nitrogens is 4. The van der Waals surface area contributed by atoms with Gasteiger partial charge in [0.25, 0.3) is 11.7 Å². The molecule has 2 heterocycles. The second-order valence-electron chi connectivity index (χ2n) is 8.13. The predicted octanol–water partition coefficient (Wildman–Crippen LogP) is 2.57. The van der Waals surface area contributed by atoms with Gasteiger partial charge in [-0.25, -0.2) is 9.50 Å². The van der Waals surface area contributed by atoms with E-state index in [-0.39, 0.29) is 12.3 Å². The van der Waals surface area contributed by atoms with Crippen LogP contribution >= 0.6 is 0 Å². The summed E-state index contributed by atoms with van der Waals surface area (Å²) in [7, 11) is 1.52. The second-order valence-corrected chi connectivity index (χ2v) is 8.13. The number of amides is 2. The van der Waals surface area contributed by atoms with Crippen LogP contribution in [0, 0.1) is 19.8 Å². The molecule has 33 heavy (non-hydrogen) atoms. The van der Waals surface area contributed by atoms with Crippen LogP contribution < -0.4 is 20.3 Å². The predicted molar refractivity (Wildman–Crippen MR) is 122 cm³/mol. The summed E-state index contributed by atoms with van der Waals surface area (Å²) in [5.74, 6) is 1.31. The first-order chi connectivity index (χ1) is 15.8. The number of hydrogen-bond acceptors (Lipinski definition) is 7. The van der Waals surface area contributed by atoms with Crippen molar-refractivity contribution in [1.82, 2.24) is 30.4 Å². The van der Waals surface area contributed by atoms with Crippen molar-refractivity contribution >= 4 is 17.6 Å². The smallest absolute Gasteiger partial charge is 0.269 e. The summed E-state index contributed by atoms with van der Waals surface area (Å²) < 4.78 is 12.7. The number of carbonyl (C=O) groups is 2. The summed E-state index contributed by atoms with van der Waals surface area (Å²) >= 11 is 0. The summed E-state index contributed by atoms with van der Waals surface area (Å²) in [6, 6.07) is 4.90. The number of nitrogens with zero attached hydrogens (tertiary/aromatic N) is 4. The third-order valence-electron chi connectivity index (χ3n) is 5.28. The number of rotatable bonds is 9. The number of nitrogens with one attached hydrogen (secondary N) is 2. The fourth-order valence-corrected chi connectivity index (χ4v) is 3.35. The molecule has 10 nitrogen and oxygen atoms in total. The van der Waals surface area contributed by atoms with E-state index < -0.39 is 5.91 Å². The zero-order valence-corrected chi connectivity index (χ0v) is 19.6. The zero-order valence-electron chi connectivity index (χ0n) is 19.6. The highest BCUT2D eigenvalue weighted by Gasteiger charge is 2.15. The highest BCUT2D eigenvalue weighted by Crippen LogP contribution is 2.28. The van der Waals surface area contributed by atoms with E-state index >= 15 is 0 Å². The van der Waals surface area contributed by atoms with Crippen LogP contribution in [0.5, 0.6) is 11.5 Å². The van der Waals surface area contributed by atoms with E-state index in [2.05, 4.69) is 39.8 Å². The Kier molecular flexibility index (Phi) is 7.81. The molecule has 0 saturated heterocycles. The Balaban J connectivity index is 1.54. The largest absolute Gasteiger partial charge is 0.493 e. The fraction of sp³-hybridized carbons (Fsp3) is 0.435. The van der Waals surface area contributed by atoms with E-state index in [1.54, 1.807) is 22.7 Å². The molecule has 0 atom stereocenters. The number of aryl methyl sites for hydroxylation is 2. The summed E-state index contributed by atoms with van der Waals surface area (Å²) in [5, 5.41) is 4.15. The summed E-state index contributed by atoms with van der Waals surface area (Å²) in [5.41, 5.74) is 7.85. The average molecular weight is 455 g/mol. The van der Waals surface area contributed by atoms with Crippen molar-refractivity contribution < 1.29 is 19.1 Å². The lowest BCUT2D eigenvalue weighted by atomic mass is 10.1. The Labute approximate surface area is 192 Å². The van der Waals surface area contributed by atoms with Gasteiger partial charge < -0.3 is 9.47 Å². The first-order valence-electron chi connectivity index (χ1n) is 10.9. The van der Waals surface area contributed by atoms with E-state index in [0.717, 1.165) is 23.4 Å². The minimum atomic E-state index is -0.451. The monoisotopic (exact) mass is 454 g/mol. The number of benzene rings is 1. The molecule has 2 amide bonds. The third-order valence-corrected chi connectivity index (χ3v) is 5.28. The lowest BCUT2D eigenvalue weighted by Crippen LogP contribution is -2.41. The van der Waals surface area contributed by atoms with Gasteiger partial charge in [-0.3, -0.25) is 20.4 Å². The molecular formula is C23H30N6O4. The van der Waals surface area contributed by atoms with Crippen molar-refractivity contribution in [3.05, 3.63) is 47.0 Å². The van der Waals surface area contributed by atoms with E-state index in [4.69, 9.17) is 9.47 Å². The topological polar surface area (TPSA) is 120 Å². The van der Waals surface area contributed by atoms with Gasteiger partial charge in [-0.1, -0.05) is 13.8 Å². The second kappa shape index (κ2) is 10.8. The maximum atomic E-state index is 12.5. The van der Waals surface area contributed by atoms with E-state index in [9.17, 15) is 9.59 Å². The molecule has 176 valence electrons. The normalized spacial score (nSPS) is 11.0. The van der Waals surface area contributed by atoms with Crippen molar-refractivity contribution in [1.29, 1.82) is 0 Å². The first-order valence-corrected chi connectivity index (χ1v) is 10.9. The van der Waals surface area contributed by atoms with Gasteiger partial charge in [0.05, 0.1) is 13.7 Å². The van der Waals surface area contributed by atoms with Gasteiger partial charge in [0, 0.05) is 23.4 Å². The Morgan fingerprint density at radius 3 is 2.67 bits per heavy atom. The highest BCUT2D eigenvalue weighted by atomic mass is 16.5. The van der Waals surface area contributed by atoms with Crippen molar-refractivity contribution in [3.8, 4) is 11.5 Å². The number of carbonyl (C=O) groups excluding carboxylic acids is 2. The summed E-state index contributed by atoms with van der Waals surface area (Å²) in [4.78, 5) is 33.3. The molecule has 0 radical (unpaired) electrons. The molecule has 10 heteroatoms. The molecule has 3 aromatic rings. The van der Waals surface area contributed by atoms with E-state index in [1.165, 1.54) is 13.4 Å². The maximum absolute atomic E-state index is 12.5. The molecule has 0 bridgehead atoms. The maximum Gasteiger partial charge on any atom is 0.269 e.